The number of hydrogen-bond acceptors (Lipinski definition) is 5. The van der Waals surface area contributed by atoms with Crippen LogP contribution in [0.1, 0.15) is 16.1 Å². The zero-order chi connectivity index (χ0) is 19.5. The number of carbonyl (C=O) groups excluding carboxylic acids is 1. The minimum atomic E-state index is -1.03. The van der Waals surface area contributed by atoms with Gasteiger partial charge in [-0.25, -0.2) is 9.79 Å². The second kappa shape index (κ2) is 7.58. The Bertz CT molecular complexity index is 1120. The van der Waals surface area contributed by atoms with Crippen LogP contribution in [0.3, 0.4) is 0 Å². The average molecular weight is 390 g/mol. The van der Waals surface area contributed by atoms with Gasteiger partial charge >= 0.3 is 5.97 Å². The van der Waals surface area contributed by atoms with Crippen molar-refractivity contribution < 1.29 is 19.1 Å². The van der Waals surface area contributed by atoms with Gasteiger partial charge in [0.25, 0.3) is 5.91 Å². The molecule has 28 heavy (non-hydrogen) atoms. The summed E-state index contributed by atoms with van der Waals surface area (Å²) in [4.78, 5) is 28.4. The number of amides is 1. The highest BCUT2D eigenvalue weighted by atomic mass is 32.2. The van der Waals surface area contributed by atoms with Crippen molar-refractivity contribution in [1.29, 1.82) is 0 Å². The maximum Gasteiger partial charge on any atom is 0.336 e. The molecular weight excluding hydrogens is 376 g/mol. The molecule has 7 heteroatoms. The lowest BCUT2D eigenvalue weighted by Gasteiger charge is -2.02. The van der Waals surface area contributed by atoms with Gasteiger partial charge in [-0.3, -0.25) is 4.79 Å². The molecule has 1 aromatic heterocycles. The van der Waals surface area contributed by atoms with Gasteiger partial charge in [-0.05, 0) is 42.1 Å². The van der Waals surface area contributed by atoms with Crippen molar-refractivity contribution in [3.05, 3.63) is 83.0 Å². The first kappa shape index (κ1) is 17.8. The van der Waals surface area contributed by atoms with Gasteiger partial charge in [0.1, 0.15) is 11.5 Å². The summed E-state index contributed by atoms with van der Waals surface area (Å²) in [5, 5.41) is 12.5. The number of carboxylic acid groups (broad SMARTS) is 1. The van der Waals surface area contributed by atoms with E-state index in [0.717, 1.165) is 5.69 Å². The topological polar surface area (TPSA) is 91.9 Å². The van der Waals surface area contributed by atoms with Gasteiger partial charge in [0, 0.05) is 11.6 Å². The summed E-state index contributed by atoms with van der Waals surface area (Å²) >= 11 is 1.22. The third kappa shape index (κ3) is 3.74. The van der Waals surface area contributed by atoms with E-state index in [-0.39, 0.29) is 11.5 Å². The molecule has 2 heterocycles. The molecule has 1 aliphatic rings. The largest absolute Gasteiger partial charge is 0.478 e. The van der Waals surface area contributed by atoms with Crippen LogP contribution in [0.5, 0.6) is 0 Å². The molecule has 0 radical (unpaired) electrons. The van der Waals surface area contributed by atoms with Crippen LogP contribution in [-0.2, 0) is 4.79 Å². The Morgan fingerprint density at radius 1 is 1.04 bits per heavy atom. The van der Waals surface area contributed by atoms with E-state index in [1.165, 1.54) is 17.8 Å². The van der Waals surface area contributed by atoms with Gasteiger partial charge in [-0.2, -0.15) is 0 Å². The third-order valence-corrected chi connectivity index (χ3v) is 4.87. The number of carbonyl (C=O) groups is 2. The number of amidine groups is 1. The van der Waals surface area contributed by atoms with Crippen molar-refractivity contribution in [2.24, 2.45) is 4.99 Å². The Hall–Kier alpha value is -3.58. The molecule has 3 aromatic rings. The van der Waals surface area contributed by atoms with E-state index in [0.29, 0.717) is 27.2 Å². The standard InChI is InChI=1S/C21H14N2O4S/c24-19-18(28-21(23-19)22-13-6-2-1-3-7-13)12-14-10-11-17(27-14)15-8-4-5-9-16(15)20(25)26/h1-12H,(H,25,26)(H,22,23,24). The molecule has 1 amide bonds. The van der Waals surface area contributed by atoms with Crippen molar-refractivity contribution in [2.45, 2.75) is 0 Å². The van der Waals surface area contributed by atoms with Crippen LogP contribution >= 0.6 is 11.8 Å². The number of nitrogens with one attached hydrogen (secondary N) is 1. The Labute approximate surface area is 164 Å². The summed E-state index contributed by atoms with van der Waals surface area (Å²) in [5.41, 5.74) is 1.38. The number of benzene rings is 2. The number of thioether (sulfide) groups is 1. The van der Waals surface area contributed by atoms with Crippen LogP contribution in [0.2, 0.25) is 0 Å². The van der Waals surface area contributed by atoms with E-state index in [1.807, 2.05) is 30.3 Å². The first-order valence-corrected chi connectivity index (χ1v) is 9.19. The zero-order valence-corrected chi connectivity index (χ0v) is 15.3. The fraction of sp³-hybridized carbons (Fsp3) is 0. The summed E-state index contributed by atoms with van der Waals surface area (Å²) in [6.07, 6.45) is 1.61. The van der Waals surface area contributed by atoms with E-state index in [4.69, 9.17) is 4.42 Å². The summed E-state index contributed by atoms with van der Waals surface area (Å²) in [6.45, 7) is 0. The van der Waals surface area contributed by atoms with Gasteiger partial charge in [0.05, 0.1) is 16.2 Å². The van der Waals surface area contributed by atoms with Gasteiger partial charge < -0.3 is 14.8 Å². The quantitative estimate of drug-likeness (QED) is 0.638. The number of aliphatic imine (C=N–C) groups is 1. The first-order chi connectivity index (χ1) is 13.6. The van der Waals surface area contributed by atoms with E-state index in [1.54, 1.807) is 36.4 Å². The van der Waals surface area contributed by atoms with Gasteiger partial charge in [-0.1, -0.05) is 36.4 Å². The third-order valence-electron chi connectivity index (χ3n) is 3.96. The molecule has 138 valence electrons. The minimum absolute atomic E-state index is 0.154. The van der Waals surface area contributed by atoms with E-state index in [9.17, 15) is 14.7 Å². The van der Waals surface area contributed by atoms with Crippen molar-refractivity contribution in [3.63, 3.8) is 0 Å². The van der Waals surface area contributed by atoms with Gasteiger partial charge in [0.15, 0.2) is 5.17 Å². The molecule has 0 spiro atoms. The number of rotatable bonds is 4. The smallest absolute Gasteiger partial charge is 0.336 e. The molecule has 1 fully saturated rings. The second-order valence-electron chi connectivity index (χ2n) is 5.87. The van der Waals surface area contributed by atoms with Gasteiger partial charge in [-0.15, -0.1) is 0 Å². The normalized spacial score (nSPS) is 16.5. The van der Waals surface area contributed by atoms with Crippen LogP contribution < -0.4 is 5.32 Å². The molecule has 4 rings (SSSR count). The number of aromatic carboxylic acids is 1. The predicted molar refractivity (Wildman–Crippen MR) is 108 cm³/mol. The first-order valence-electron chi connectivity index (χ1n) is 8.37. The highest BCUT2D eigenvalue weighted by Gasteiger charge is 2.24. The molecule has 1 aliphatic heterocycles. The Balaban J connectivity index is 1.59. The second-order valence-corrected chi connectivity index (χ2v) is 6.90. The lowest BCUT2D eigenvalue weighted by Crippen LogP contribution is -2.19. The van der Waals surface area contributed by atoms with Crippen LogP contribution in [0.25, 0.3) is 17.4 Å². The monoisotopic (exact) mass is 390 g/mol. The Kier molecular flexibility index (Phi) is 4.82. The van der Waals surface area contributed by atoms with Crippen LogP contribution in [0, 0.1) is 0 Å². The van der Waals surface area contributed by atoms with Gasteiger partial charge in [0.2, 0.25) is 0 Å². The number of nitrogens with zero attached hydrogens (tertiary/aromatic N) is 1. The maximum atomic E-state index is 12.2. The summed E-state index contributed by atoms with van der Waals surface area (Å²) < 4.78 is 5.75. The molecule has 1 saturated heterocycles. The molecule has 0 unspecified atom stereocenters. The summed E-state index contributed by atoms with van der Waals surface area (Å²) in [5.74, 6) is -0.414. The van der Waals surface area contributed by atoms with E-state index in [2.05, 4.69) is 10.3 Å². The lowest BCUT2D eigenvalue weighted by atomic mass is 10.1. The van der Waals surface area contributed by atoms with E-state index < -0.39 is 5.97 Å². The van der Waals surface area contributed by atoms with Crippen molar-refractivity contribution in [1.82, 2.24) is 5.32 Å². The molecule has 0 saturated carbocycles. The van der Waals surface area contributed by atoms with Crippen molar-refractivity contribution in [3.8, 4) is 11.3 Å². The number of para-hydroxylation sites is 1. The maximum absolute atomic E-state index is 12.2. The van der Waals surface area contributed by atoms with Crippen LogP contribution in [0.4, 0.5) is 5.69 Å². The zero-order valence-electron chi connectivity index (χ0n) is 14.5. The van der Waals surface area contributed by atoms with E-state index >= 15 is 0 Å². The fourth-order valence-electron chi connectivity index (χ4n) is 2.69. The molecule has 2 aromatic carbocycles. The van der Waals surface area contributed by atoms with Crippen molar-refractivity contribution >= 4 is 40.6 Å². The summed E-state index contributed by atoms with van der Waals surface area (Å²) in [7, 11) is 0. The Morgan fingerprint density at radius 3 is 2.57 bits per heavy atom. The number of hydrogen-bond donors (Lipinski definition) is 2. The molecule has 2 N–H and O–H groups in total. The lowest BCUT2D eigenvalue weighted by molar-refractivity contribution is -0.115. The number of carboxylic acids is 1. The molecule has 6 nitrogen and oxygen atoms in total. The number of furan rings is 1. The molecular formula is C21H14N2O4S. The minimum Gasteiger partial charge on any atom is -0.478 e. The van der Waals surface area contributed by atoms with Crippen LogP contribution in [0.15, 0.2) is 81.0 Å². The fourth-order valence-corrected chi connectivity index (χ4v) is 3.51. The predicted octanol–water partition coefficient (Wildman–Crippen LogP) is 4.54. The molecule has 0 bridgehead atoms. The Morgan fingerprint density at radius 2 is 1.79 bits per heavy atom. The highest BCUT2D eigenvalue weighted by Crippen LogP contribution is 2.31. The summed E-state index contributed by atoms with van der Waals surface area (Å²) in [6, 6.07) is 19.3. The van der Waals surface area contributed by atoms with Crippen molar-refractivity contribution in [2.75, 3.05) is 0 Å². The average Bonchev–Trinajstić information content (AvgIpc) is 3.29. The van der Waals surface area contributed by atoms with Crippen LogP contribution in [-0.4, -0.2) is 22.2 Å². The SMILES string of the molecule is O=C1NC(=Nc2ccccc2)SC1=Cc1ccc(-c2ccccc2C(=O)O)o1. The molecule has 0 aliphatic carbocycles. The highest BCUT2D eigenvalue weighted by molar-refractivity contribution is 8.18. The molecule has 0 atom stereocenters.